The molecule has 1 aliphatic rings. The van der Waals surface area contributed by atoms with Gasteiger partial charge in [-0.2, -0.15) is 0 Å². The second-order valence-corrected chi connectivity index (χ2v) is 8.20. The van der Waals surface area contributed by atoms with Gasteiger partial charge in [0.25, 0.3) is 0 Å². The summed E-state index contributed by atoms with van der Waals surface area (Å²) in [5.41, 5.74) is 3.83. The zero-order valence-electron chi connectivity index (χ0n) is 17.5. The van der Waals surface area contributed by atoms with Crippen molar-refractivity contribution in [1.29, 1.82) is 0 Å². The number of nitrogens with zero attached hydrogens (tertiary/aromatic N) is 1. The molecule has 1 heterocycles. The molecule has 3 aromatic carbocycles. The first-order valence-corrected chi connectivity index (χ1v) is 10.9. The van der Waals surface area contributed by atoms with E-state index in [0.29, 0.717) is 25.0 Å². The number of hydrogen-bond donors (Lipinski definition) is 0. The molecule has 4 rings (SSSR count). The molecule has 3 nitrogen and oxygen atoms in total. The van der Waals surface area contributed by atoms with Crippen LogP contribution in [0.2, 0.25) is 0 Å². The summed E-state index contributed by atoms with van der Waals surface area (Å²) in [5.74, 6) is 0.987. The van der Waals surface area contributed by atoms with E-state index in [1.54, 1.807) is 0 Å². The molecular formula is C27H31NO2. The van der Waals surface area contributed by atoms with Gasteiger partial charge in [0, 0.05) is 31.5 Å². The maximum Gasteiger partial charge on any atom is 0.0717 e. The maximum atomic E-state index is 6.11. The Morgan fingerprint density at radius 3 is 1.40 bits per heavy atom. The highest BCUT2D eigenvalue weighted by atomic mass is 16.5. The van der Waals surface area contributed by atoms with Crippen molar-refractivity contribution >= 4 is 0 Å². The molecule has 0 unspecified atom stereocenters. The number of benzene rings is 3. The summed E-state index contributed by atoms with van der Waals surface area (Å²) in [6.07, 6.45) is 0. The largest absolute Gasteiger partial charge is 0.376 e. The van der Waals surface area contributed by atoms with Gasteiger partial charge in [0.2, 0.25) is 0 Å². The van der Waals surface area contributed by atoms with Crippen LogP contribution in [0.3, 0.4) is 0 Å². The molecule has 3 aromatic rings. The van der Waals surface area contributed by atoms with E-state index in [1.165, 1.54) is 16.7 Å². The van der Waals surface area contributed by atoms with Gasteiger partial charge in [-0.3, -0.25) is 4.90 Å². The summed E-state index contributed by atoms with van der Waals surface area (Å²) in [7, 11) is 0. The summed E-state index contributed by atoms with van der Waals surface area (Å²) in [5, 5.41) is 0. The van der Waals surface area contributed by atoms with Gasteiger partial charge >= 0.3 is 0 Å². The average molecular weight is 402 g/mol. The third-order valence-electron chi connectivity index (χ3n) is 5.79. The molecule has 2 atom stereocenters. The van der Waals surface area contributed by atoms with Crippen LogP contribution in [0.5, 0.6) is 0 Å². The van der Waals surface area contributed by atoms with E-state index in [-0.39, 0.29) is 0 Å². The molecule has 1 aliphatic heterocycles. The molecule has 0 saturated carbocycles. The van der Waals surface area contributed by atoms with E-state index in [2.05, 4.69) is 83.8 Å². The Bertz CT molecular complexity index is 800. The lowest BCUT2D eigenvalue weighted by Gasteiger charge is -2.18. The summed E-state index contributed by atoms with van der Waals surface area (Å²) in [6, 6.07) is 31.6. The van der Waals surface area contributed by atoms with Gasteiger partial charge in [0.05, 0.1) is 26.4 Å². The van der Waals surface area contributed by atoms with Crippen LogP contribution in [0.15, 0.2) is 91.0 Å². The Labute approximate surface area is 180 Å². The Balaban J connectivity index is 1.31. The van der Waals surface area contributed by atoms with Crippen LogP contribution in [0.4, 0.5) is 0 Å². The SMILES string of the molecule is c1ccc(COC[C@@H]2CN(Cc3ccccc3)C[C@@H]2COCc2ccccc2)cc1. The first kappa shape index (κ1) is 20.8. The van der Waals surface area contributed by atoms with Gasteiger partial charge in [0.1, 0.15) is 0 Å². The minimum absolute atomic E-state index is 0.494. The molecule has 0 aliphatic carbocycles. The number of ether oxygens (including phenoxy) is 2. The number of hydrogen-bond acceptors (Lipinski definition) is 3. The molecular weight excluding hydrogens is 370 g/mol. The smallest absolute Gasteiger partial charge is 0.0717 e. The molecule has 30 heavy (non-hydrogen) atoms. The second-order valence-electron chi connectivity index (χ2n) is 8.20. The molecule has 0 aromatic heterocycles. The highest BCUT2D eigenvalue weighted by Gasteiger charge is 2.33. The van der Waals surface area contributed by atoms with Crippen LogP contribution in [-0.2, 0) is 29.2 Å². The molecule has 0 radical (unpaired) electrons. The lowest BCUT2D eigenvalue weighted by atomic mass is 9.98. The fourth-order valence-corrected chi connectivity index (χ4v) is 4.19. The molecule has 0 spiro atoms. The van der Waals surface area contributed by atoms with Crippen molar-refractivity contribution in [3.8, 4) is 0 Å². The average Bonchev–Trinajstić information content (AvgIpc) is 3.17. The van der Waals surface area contributed by atoms with Gasteiger partial charge in [-0.05, 0) is 16.7 Å². The second kappa shape index (κ2) is 11.1. The van der Waals surface area contributed by atoms with E-state index < -0.39 is 0 Å². The van der Waals surface area contributed by atoms with Crippen LogP contribution in [0.25, 0.3) is 0 Å². The molecule has 3 heteroatoms. The Morgan fingerprint density at radius 1 is 0.567 bits per heavy atom. The normalized spacial score (nSPS) is 19.2. The first-order valence-electron chi connectivity index (χ1n) is 10.9. The topological polar surface area (TPSA) is 21.7 Å². The van der Waals surface area contributed by atoms with E-state index in [0.717, 1.165) is 32.8 Å². The van der Waals surface area contributed by atoms with Crippen molar-refractivity contribution in [2.24, 2.45) is 11.8 Å². The molecule has 1 saturated heterocycles. The van der Waals surface area contributed by atoms with Gasteiger partial charge in [0.15, 0.2) is 0 Å². The minimum atomic E-state index is 0.494. The van der Waals surface area contributed by atoms with E-state index >= 15 is 0 Å². The predicted octanol–water partition coefficient (Wildman–Crippen LogP) is 5.17. The third-order valence-corrected chi connectivity index (χ3v) is 5.79. The molecule has 0 N–H and O–H groups in total. The van der Waals surface area contributed by atoms with Crippen molar-refractivity contribution in [2.45, 2.75) is 19.8 Å². The highest BCUT2D eigenvalue weighted by molar-refractivity contribution is 5.15. The van der Waals surface area contributed by atoms with Crippen molar-refractivity contribution in [3.05, 3.63) is 108 Å². The lowest BCUT2D eigenvalue weighted by molar-refractivity contribution is 0.0394. The van der Waals surface area contributed by atoms with E-state index in [9.17, 15) is 0 Å². The van der Waals surface area contributed by atoms with Crippen LogP contribution in [-0.4, -0.2) is 31.2 Å². The fourth-order valence-electron chi connectivity index (χ4n) is 4.19. The quantitative estimate of drug-likeness (QED) is 0.468. The van der Waals surface area contributed by atoms with Crippen LogP contribution in [0, 0.1) is 11.8 Å². The summed E-state index contributed by atoms with van der Waals surface area (Å²) in [4.78, 5) is 2.54. The minimum Gasteiger partial charge on any atom is -0.376 e. The fraction of sp³-hybridized carbons (Fsp3) is 0.333. The summed E-state index contributed by atoms with van der Waals surface area (Å²) >= 11 is 0. The summed E-state index contributed by atoms with van der Waals surface area (Å²) in [6.45, 7) is 6.01. The Hall–Kier alpha value is -2.46. The third kappa shape index (κ3) is 6.27. The first-order chi connectivity index (χ1) is 14.9. The van der Waals surface area contributed by atoms with Crippen molar-refractivity contribution < 1.29 is 9.47 Å². The van der Waals surface area contributed by atoms with Crippen LogP contribution < -0.4 is 0 Å². The standard InChI is InChI=1S/C27H31NO2/c1-4-10-23(11-5-1)16-28-17-26(21-29-19-24-12-6-2-7-13-24)27(18-28)22-30-20-25-14-8-3-9-15-25/h1-15,26-27H,16-22H2/t26-,27+. The van der Waals surface area contributed by atoms with Crippen molar-refractivity contribution in [1.82, 2.24) is 4.90 Å². The maximum absolute atomic E-state index is 6.11. The van der Waals surface area contributed by atoms with Crippen molar-refractivity contribution in [2.75, 3.05) is 26.3 Å². The predicted molar refractivity (Wildman–Crippen MR) is 121 cm³/mol. The van der Waals surface area contributed by atoms with Crippen LogP contribution >= 0.6 is 0 Å². The zero-order valence-corrected chi connectivity index (χ0v) is 17.5. The van der Waals surface area contributed by atoms with Gasteiger partial charge in [-0.15, -0.1) is 0 Å². The number of likely N-dealkylation sites (tertiary alicyclic amines) is 1. The van der Waals surface area contributed by atoms with Gasteiger partial charge < -0.3 is 9.47 Å². The van der Waals surface area contributed by atoms with E-state index in [1.807, 2.05) is 12.1 Å². The monoisotopic (exact) mass is 401 g/mol. The van der Waals surface area contributed by atoms with E-state index in [4.69, 9.17) is 9.47 Å². The molecule has 1 fully saturated rings. The summed E-state index contributed by atoms with van der Waals surface area (Å²) < 4.78 is 12.2. The van der Waals surface area contributed by atoms with Crippen LogP contribution in [0.1, 0.15) is 16.7 Å². The highest BCUT2D eigenvalue weighted by Crippen LogP contribution is 2.26. The Kier molecular flexibility index (Phi) is 7.68. The zero-order chi connectivity index (χ0) is 20.4. The lowest BCUT2D eigenvalue weighted by Crippen LogP contribution is -2.22. The Morgan fingerprint density at radius 2 is 0.967 bits per heavy atom. The molecule has 0 bridgehead atoms. The van der Waals surface area contributed by atoms with Gasteiger partial charge in [-0.25, -0.2) is 0 Å². The van der Waals surface area contributed by atoms with Crippen molar-refractivity contribution in [3.63, 3.8) is 0 Å². The van der Waals surface area contributed by atoms with Gasteiger partial charge in [-0.1, -0.05) is 91.0 Å². The molecule has 0 amide bonds. The molecule has 156 valence electrons. The number of rotatable bonds is 10.